The highest BCUT2D eigenvalue weighted by atomic mass is 79.9. The Kier molecular flexibility index (Phi) is 5.66. The van der Waals surface area contributed by atoms with Crippen LogP contribution >= 0.6 is 15.9 Å². The predicted octanol–water partition coefficient (Wildman–Crippen LogP) is 3.46. The molecule has 2 aromatic rings. The average molecular weight is 477 g/mol. The molecule has 30 heavy (non-hydrogen) atoms. The van der Waals surface area contributed by atoms with Crippen molar-refractivity contribution in [2.45, 2.75) is 33.6 Å². The van der Waals surface area contributed by atoms with E-state index >= 15 is 0 Å². The van der Waals surface area contributed by atoms with Crippen LogP contribution < -0.4 is 16.8 Å². The molecule has 0 fully saturated rings. The van der Waals surface area contributed by atoms with Crippen molar-refractivity contribution in [3.05, 3.63) is 55.4 Å². The fourth-order valence-corrected chi connectivity index (χ4v) is 3.78. The Bertz CT molecular complexity index is 1100. The van der Waals surface area contributed by atoms with Gasteiger partial charge in [0.05, 0.1) is 16.3 Å². The lowest BCUT2D eigenvalue weighted by atomic mass is 9.75. The number of guanidine groups is 1. The minimum atomic E-state index is -0.534. The average Bonchev–Trinajstić information content (AvgIpc) is 2.96. The summed E-state index contributed by atoms with van der Waals surface area (Å²) in [7, 11) is 0. The predicted molar refractivity (Wildman–Crippen MR) is 117 cm³/mol. The van der Waals surface area contributed by atoms with E-state index < -0.39 is 10.8 Å². The van der Waals surface area contributed by atoms with Gasteiger partial charge in [-0.25, -0.2) is 0 Å². The summed E-state index contributed by atoms with van der Waals surface area (Å²) in [6.45, 7) is 5.86. The maximum Gasteiger partial charge on any atom is 0.291 e. The minimum absolute atomic E-state index is 0.105. The second-order valence-electron chi connectivity index (χ2n) is 7.82. The zero-order chi connectivity index (χ0) is 22.2. The molecule has 0 saturated heterocycles. The Balaban J connectivity index is 2.00. The molecule has 3 rings (SSSR count). The van der Waals surface area contributed by atoms with Gasteiger partial charge in [0, 0.05) is 34.2 Å². The highest BCUT2D eigenvalue weighted by Gasteiger charge is 2.36. The third-order valence-corrected chi connectivity index (χ3v) is 5.39. The van der Waals surface area contributed by atoms with Gasteiger partial charge in [-0.1, -0.05) is 13.8 Å². The van der Waals surface area contributed by atoms with Crippen molar-refractivity contribution in [3.8, 4) is 0 Å². The third-order valence-electron chi connectivity index (χ3n) is 4.69. The molecular weight excluding hydrogens is 456 g/mol. The number of benzene rings is 1. The van der Waals surface area contributed by atoms with Crippen LogP contribution in [0.3, 0.4) is 0 Å². The summed E-state index contributed by atoms with van der Waals surface area (Å²) >= 11 is 3.29. The van der Waals surface area contributed by atoms with Crippen LogP contribution in [0.25, 0.3) is 0 Å². The van der Waals surface area contributed by atoms with Gasteiger partial charge in [0.1, 0.15) is 5.76 Å². The zero-order valence-corrected chi connectivity index (χ0v) is 18.2. The van der Waals surface area contributed by atoms with Gasteiger partial charge in [-0.05, 0) is 40.8 Å². The van der Waals surface area contributed by atoms with E-state index in [4.69, 9.17) is 15.9 Å². The summed E-state index contributed by atoms with van der Waals surface area (Å²) in [5.74, 6) is 0.0363. The van der Waals surface area contributed by atoms with Crippen LogP contribution in [0.1, 0.15) is 47.7 Å². The number of hydrogen-bond acceptors (Lipinski definition) is 6. The van der Waals surface area contributed by atoms with Crippen molar-refractivity contribution in [2.75, 3.05) is 5.32 Å². The number of nitro benzene ring substituents is 1. The van der Waals surface area contributed by atoms with E-state index in [0.29, 0.717) is 39.9 Å². The first kappa shape index (κ1) is 21.5. The van der Waals surface area contributed by atoms with Crippen molar-refractivity contribution in [1.82, 2.24) is 0 Å². The Labute approximate surface area is 180 Å². The zero-order valence-electron chi connectivity index (χ0n) is 16.7. The summed E-state index contributed by atoms with van der Waals surface area (Å²) < 4.78 is 6.41. The number of anilines is 1. The smallest absolute Gasteiger partial charge is 0.291 e. The number of furan rings is 1. The number of nitrogens with two attached hydrogens (primary N) is 2. The molecule has 1 aromatic carbocycles. The van der Waals surface area contributed by atoms with Crippen LogP contribution in [0.4, 0.5) is 11.4 Å². The van der Waals surface area contributed by atoms with Crippen molar-refractivity contribution < 1.29 is 14.1 Å². The molecule has 0 saturated carbocycles. The summed E-state index contributed by atoms with van der Waals surface area (Å²) in [5, 5.41) is 21.6. The van der Waals surface area contributed by atoms with Gasteiger partial charge in [-0.15, -0.1) is 5.10 Å². The van der Waals surface area contributed by atoms with Gasteiger partial charge in [0.25, 0.3) is 11.6 Å². The molecule has 5 N–H and O–H groups in total. The molecular formula is C19H21BrN6O4. The highest BCUT2D eigenvalue weighted by Crippen LogP contribution is 2.39. The number of non-ortho nitro benzene ring substituents is 1. The Morgan fingerprint density at radius 3 is 2.67 bits per heavy atom. The van der Waals surface area contributed by atoms with Crippen LogP contribution in [-0.2, 0) is 6.42 Å². The number of nitrogens with zero attached hydrogens (tertiary/aromatic N) is 3. The van der Waals surface area contributed by atoms with Crippen molar-refractivity contribution >= 4 is 44.9 Å². The number of carbonyl (C=O) groups is 1. The SMILES string of the molecule is Cc1c(C(=O)Nc2cc([N+](=O)[O-])ccc2Br)oc2c1/C(=N\N=C(N)N)CC(C)(C)C2. The van der Waals surface area contributed by atoms with E-state index in [1.54, 1.807) is 6.92 Å². The maximum atomic E-state index is 12.9. The molecule has 158 valence electrons. The van der Waals surface area contributed by atoms with Gasteiger partial charge in [0.15, 0.2) is 5.76 Å². The lowest BCUT2D eigenvalue weighted by Gasteiger charge is -2.29. The molecule has 0 bridgehead atoms. The molecule has 1 aliphatic rings. The quantitative estimate of drug-likeness (QED) is 0.264. The maximum absolute atomic E-state index is 12.9. The Morgan fingerprint density at radius 1 is 1.33 bits per heavy atom. The number of carbonyl (C=O) groups excluding carboxylic acids is 1. The van der Waals surface area contributed by atoms with E-state index in [-0.39, 0.29) is 28.5 Å². The van der Waals surface area contributed by atoms with E-state index in [1.165, 1.54) is 18.2 Å². The lowest BCUT2D eigenvalue weighted by molar-refractivity contribution is -0.384. The van der Waals surface area contributed by atoms with Crippen LogP contribution in [0.5, 0.6) is 0 Å². The molecule has 1 heterocycles. The fraction of sp³-hybridized carbons (Fsp3) is 0.316. The number of nitro groups is 1. The monoisotopic (exact) mass is 476 g/mol. The van der Waals surface area contributed by atoms with Gasteiger partial charge >= 0.3 is 0 Å². The summed E-state index contributed by atoms with van der Waals surface area (Å²) in [6, 6.07) is 4.11. The number of hydrogen-bond donors (Lipinski definition) is 3. The molecule has 0 spiro atoms. The Hall–Kier alpha value is -3.21. The molecule has 10 nitrogen and oxygen atoms in total. The fourth-order valence-electron chi connectivity index (χ4n) is 3.44. The van der Waals surface area contributed by atoms with Crippen LogP contribution in [0.2, 0.25) is 0 Å². The van der Waals surface area contributed by atoms with Crippen molar-refractivity contribution in [3.63, 3.8) is 0 Å². The number of rotatable bonds is 4. The van der Waals surface area contributed by atoms with Gasteiger partial charge in [-0.3, -0.25) is 14.9 Å². The van der Waals surface area contributed by atoms with Gasteiger partial charge in [-0.2, -0.15) is 5.10 Å². The topological polar surface area (TPSA) is 162 Å². The molecule has 0 unspecified atom stereocenters. The Morgan fingerprint density at radius 2 is 2.03 bits per heavy atom. The van der Waals surface area contributed by atoms with Gasteiger partial charge in [0.2, 0.25) is 5.96 Å². The molecule has 0 atom stereocenters. The highest BCUT2D eigenvalue weighted by molar-refractivity contribution is 9.10. The summed E-state index contributed by atoms with van der Waals surface area (Å²) in [5.41, 5.74) is 12.7. The second-order valence-corrected chi connectivity index (χ2v) is 8.67. The number of fused-ring (bicyclic) bond motifs is 1. The van der Waals surface area contributed by atoms with Crippen molar-refractivity contribution in [2.24, 2.45) is 27.1 Å². The van der Waals surface area contributed by atoms with Crippen LogP contribution in [-0.4, -0.2) is 22.5 Å². The molecule has 1 amide bonds. The van der Waals surface area contributed by atoms with Crippen LogP contribution in [0, 0.1) is 22.5 Å². The van der Waals surface area contributed by atoms with E-state index in [9.17, 15) is 14.9 Å². The second kappa shape index (κ2) is 7.90. The molecule has 0 aliphatic heterocycles. The first-order chi connectivity index (χ1) is 14.0. The van der Waals surface area contributed by atoms with Gasteiger partial charge < -0.3 is 21.2 Å². The minimum Gasteiger partial charge on any atom is -0.455 e. The van der Waals surface area contributed by atoms with Crippen LogP contribution in [0.15, 0.2) is 37.3 Å². The number of amides is 1. The first-order valence-electron chi connectivity index (χ1n) is 9.02. The summed E-state index contributed by atoms with van der Waals surface area (Å²) in [4.78, 5) is 23.4. The third kappa shape index (κ3) is 4.35. The number of halogens is 1. The van der Waals surface area contributed by atoms with E-state index in [0.717, 1.165) is 0 Å². The normalized spacial score (nSPS) is 16.1. The molecule has 1 aliphatic carbocycles. The van der Waals surface area contributed by atoms with E-state index in [1.807, 2.05) is 0 Å². The largest absolute Gasteiger partial charge is 0.455 e. The number of nitrogens with one attached hydrogen (secondary N) is 1. The summed E-state index contributed by atoms with van der Waals surface area (Å²) in [6.07, 6.45) is 1.21. The van der Waals surface area contributed by atoms with E-state index in [2.05, 4.69) is 45.3 Å². The first-order valence-corrected chi connectivity index (χ1v) is 9.81. The van der Waals surface area contributed by atoms with Crippen molar-refractivity contribution in [1.29, 1.82) is 0 Å². The molecule has 0 radical (unpaired) electrons. The lowest BCUT2D eigenvalue weighted by Crippen LogP contribution is -2.27. The molecule has 1 aromatic heterocycles. The molecule has 11 heteroatoms. The standard InChI is InChI=1S/C19H21BrN6O4/c1-9-15-13(24-25-18(21)22)7-19(2,3)8-14(15)30-16(9)17(27)23-12-6-10(26(28)29)4-5-11(12)20/h4-6H,7-8H2,1-3H3,(H,23,27)(H4,21,22,25)/b24-13-.